The second-order valence-electron chi connectivity index (χ2n) is 36.5. The van der Waals surface area contributed by atoms with Crippen molar-refractivity contribution in [1.29, 1.82) is 0 Å². The first-order valence-corrected chi connectivity index (χ1v) is 46.3. The molecule has 0 aliphatic carbocycles. The molecule has 11 aliphatic heterocycles. The number of aliphatic hydroxyl groups excluding tert-OH is 8. The van der Waals surface area contributed by atoms with E-state index in [0.29, 0.717) is 108 Å². The van der Waals surface area contributed by atoms with Crippen molar-refractivity contribution in [3.63, 3.8) is 0 Å². The number of epoxide rings is 4. The van der Waals surface area contributed by atoms with Crippen LogP contribution in [0.1, 0.15) is 221 Å². The van der Waals surface area contributed by atoms with Crippen LogP contribution in [0.2, 0.25) is 0 Å². The lowest BCUT2D eigenvalue weighted by atomic mass is 9.96. The summed E-state index contributed by atoms with van der Waals surface area (Å²) in [6.45, 7) is 35.5. The molecule has 7 fully saturated rings. The zero-order valence-electron chi connectivity index (χ0n) is 76.8. The average Bonchev–Trinajstić information content (AvgIpc) is 1.63. The SMILES string of the molecule is C.C.C=C1/C=C\C[C@H](C)OC(=O)c2c(O)cc(O)cc2[C@H]2O[C@@H]2C[C@H](O)[C@@H]1O.C=C1/C=C\C[C@H](C)OC(=O)c2c(O)cc(OCC3CCCN(C)C3)cc2[C@H]2O[C@@H]2C[C@H](O)[C@@H]1O.C=C1/C=C\C[C@H](C)OC(=O)c2c(O)cc(OCCCCN3CCN(C)CC3)cc2[C@H]2O[C@@H]2C[C@H](O)[C@@H]1O.C=C1/C=C\C[C@H](C)OC(=O)c2c(O)cc(OCCCCN3CCOCC3)cc2[C@H]2O[C@@H]2C[C@H](O)[C@@H]1O. The Morgan fingerprint density at radius 3 is 1.03 bits per heavy atom. The zero-order valence-corrected chi connectivity index (χ0v) is 76.8. The molecule has 135 heavy (non-hydrogen) atoms. The Hall–Kier alpha value is -9.60. The van der Waals surface area contributed by atoms with E-state index in [1.54, 1.807) is 94.5 Å². The number of hydrogen-bond donors (Lipinski definition) is 13. The minimum absolute atomic E-state index is 0. The topological polar surface area (TPSA) is 468 Å². The normalized spacial score (nSPS) is 31.4. The molecule has 15 rings (SSSR count). The van der Waals surface area contributed by atoms with Gasteiger partial charge < -0.3 is 138 Å². The molecule has 0 aromatic heterocycles. The van der Waals surface area contributed by atoms with E-state index in [2.05, 4.69) is 60.0 Å². The fourth-order valence-electron chi connectivity index (χ4n) is 17.3. The zero-order chi connectivity index (χ0) is 95.6. The van der Waals surface area contributed by atoms with E-state index < -0.39 is 152 Å². The van der Waals surface area contributed by atoms with Crippen molar-refractivity contribution in [2.45, 2.75) is 255 Å². The van der Waals surface area contributed by atoms with Gasteiger partial charge >= 0.3 is 23.9 Å². The van der Waals surface area contributed by atoms with E-state index in [1.165, 1.54) is 24.3 Å². The van der Waals surface area contributed by atoms with E-state index in [0.717, 1.165) is 123 Å². The highest BCUT2D eigenvalue weighted by atomic mass is 16.6. The third-order valence-electron chi connectivity index (χ3n) is 25.4. The standard InChI is InChI=1S/C28H40N2O7.C27H37NO8.C26H35NO7.C19H22O7.2CH4/c1-18-7-6-8-19(2)36-28(34)25-21(27-24(37-27)17-23(32)26(18)33)15-20(16-22(25)31)35-14-5-4-9-30-12-10-29(3)11-13-30;1-17-6-5-7-18(2)35-27(32)24-20(26-23(36-26)16-22(30)25(17)31)14-19(15-21(24)29)34-11-4-3-8-28-9-12-33-13-10-28;1-15-6-4-7-16(2)33-26(31)23-19(25-22(34-25)12-21(29)24(15)30)10-18(11-20(23)28)32-14-17-8-5-9-27(3)13-17;1-9-4-3-5-10(2)25-19(24)16-12(6-11(20)7-13(16)21)18-15(26-18)8-14(22)17(9)23;;/h6-7,15-16,19,23-24,26-27,31-33H,1,4-5,8-14,17H2,2-3H3;5-6,14-15,18,22-23,25-26,29-31H,1,3-4,7-13,16H2,2H3;4,6,10-11,16-17,21-22,24-25,28-30H,1,5,7-9,12-14H2,2-3H3;3-4,6-7,10,14-15,17-18,20-23H,1,5,8H2,2H3;2*1H4/b7-6-;6-5-;6-4-;4-3-;;/t19-,23-,24+,26+,27+;18-,22-,23+,25+,26+;16-,17?,21-,22+,24+,25+;10-,14-,15+,17+,18+;;/m0000../s1. The summed E-state index contributed by atoms with van der Waals surface area (Å²) in [7, 11) is 4.24. The molecule has 21 atom stereocenters. The van der Waals surface area contributed by atoms with Crippen LogP contribution in [0.3, 0.4) is 0 Å². The number of likely N-dealkylation sites (tertiary alicyclic amines) is 1. The molecule has 1 unspecified atom stereocenters. The van der Waals surface area contributed by atoms with Crippen LogP contribution in [0.4, 0.5) is 0 Å². The summed E-state index contributed by atoms with van der Waals surface area (Å²) in [5, 5.41) is 135. The van der Waals surface area contributed by atoms with Crippen molar-refractivity contribution in [2.75, 3.05) is 113 Å². The number of aromatic hydroxyl groups is 5. The van der Waals surface area contributed by atoms with E-state index in [4.69, 9.17) is 56.8 Å². The third-order valence-corrected chi connectivity index (χ3v) is 25.4. The van der Waals surface area contributed by atoms with Gasteiger partial charge in [0.2, 0.25) is 0 Å². The molecule has 0 spiro atoms. The Morgan fingerprint density at radius 2 is 0.696 bits per heavy atom. The van der Waals surface area contributed by atoms with Crippen molar-refractivity contribution in [1.82, 2.24) is 19.6 Å². The number of hydrogen-bond acceptors (Lipinski definition) is 33. The summed E-state index contributed by atoms with van der Waals surface area (Å²) in [5.74, 6) is -2.22. The van der Waals surface area contributed by atoms with Gasteiger partial charge in [0, 0.05) is 150 Å². The second kappa shape index (κ2) is 50.1. The minimum Gasteiger partial charge on any atom is -0.508 e. The quantitative estimate of drug-likeness (QED) is 0.0228. The van der Waals surface area contributed by atoms with Crippen LogP contribution in [0.5, 0.6) is 46.0 Å². The Bertz CT molecular complexity index is 4830. The molecule has 0 saturated carbocycles. The molecule has 7 saturated heterocycles. The lowest BCUT2D eigenvalue weighted by Crippen LogP contribution is -2.44. The maximum atomic E-state index is 13.0. The van der Waals surface area contributed by atoms with Gasteiger partial charge in [0.25, 0.3) is 0 Å². The summed E-state index contributed by atoms with van der Waals surface area (Å²) in [6, 6.07) is 11.8. The molecule has 13 N–H and O–H groups in total. The number of piperazine rings is 1. The van der Waals surface area contributed by atoms with E-state index >= 15 is 0 Å². The summed E-state index contributed by atoms with van der Waals surface area (Å²) in [4.78, 5) is 61.0. The van der Waals surface area contributed by atoms with Crippen LogP contribution in [0.25, 0.3) is 0 Å². The number of rotatable bonds is 15. The number of carbonyl (C=O) groups is 4. The van der Waals surface area contributed by atoms with Crippen LogP contribution in [-0.2, 0) is 42.6 Å². The maximum absolute atomic E-state index is 13.0. The fourth-order valence-corrected chi connectivity index (χ4v) is 17.3. The van der Waals surface area contributed by atoms with Crippen molar-refractivity contribution in [3.05, 3.63) is 190 Å². The van der Waals surface area contributed by atoms with Gasteiger partial charge in [-0.1, -0.05) is 89.8 Å². The number of esters is 4. The molecular formula is C102H142N4O29. The van der Waals surface area contributed by atoms with Gasteiger partial charge in [0.1, 0.15) is 141 Å². The molecular weight excluding hydrogens is 1750 g/mol. The summed E-state index contributed by atoms with van der Waals surface area (Å²) < 4.78 is 68.1. The number of ether oxygens (including phenoxy) is 12. The number of aliphatic hydroxyl groups is 8. The lowest BCUT2D eigenvalue weighted by Gasteiger charge is -2.32. The number of unbranched alkanes of at least 4 members (excludes halogenated alkanes) is 2. The molecule has 33 heteroatoms. The number of carbonyl (C=O) groups excluding carboxylic acids is 4. The smallest absolute Gasteiger partial charge is 0.342 e. The lowest BCUT2D eigenvalue weighted by molar-refractivity contribution is 0.0324. The minimum atomic E-state index is -1.14. The molecule has 4 aromatic carbocycles. The van der Waals surface area contributed by atoms with Crippen LogP contribution in [0.15, 0.2) is 146 Å². The first kappa shape index (κ1) is 107. The Labute approximate surface area is 791 Å². The van der Waals surface area contributed by atoms with E-state index in [-0.39, 0.29) is 91.4 Å². The first-order chi connectivity index (χ1) is 63.5. The van der Waals surface area contributed by atoms with Gasteiger partial charge in [-0.15, -0.1) is 0 Å². The number of piperidine rings is 1. The summed E-state index contributed by atoms with van der Waals surface area (Å²) in [6.07, 6.45) is 6.67. The first-order valence-electron chi connectivity index (χ1n) is 46.3. The molecule has 0 bridgehead atoms. The van der Waals surface area contributed by atoms with Crippen LogP contribution in [-0.4, -0.2) is 320 Å². The summed E-state index contributed by atoms with van der Waals surface area (Å²) >= 11 is 0. The van der Waals surface area contributed by atoms with Crippen LogP contribution < -0.4 is 14.2 Å². The van der Waals surface area contributed by atoms with Crippen molar-refractivity contribution in [3.8, 4) is 46.0 Å². The molecule has 0 radical (unpaired) electrons. The number of phenols is 5. The second-order valence-corrected chi connectivity index (χ2v) is 36.5. The highest BCUT2D eigenvalue weighted by Gasteiger charge is 2.50. The van der Waals surface area contributed by atoms with Gasteiger partial charge in [-0.05, 0) is 147 Å². The Morgan fingerprint density at radius 1 is 0.385 bits per heavy atom. The van der Waals surface area contributed by atoms with Gasteiger partial charge in [-0.25, -0.2) is 19.2 Å². The van der Waals surface area contributed by atoms with Gasteiger partial charge in [0.15, 0.2) is 0 Å². The number of phenolic OH excluding ortho intramolecular Hbond substituents is 5. The molecule has 4 aromatic rings. The van der Waals surface area contributed by atoms with Crippen molar-refractivity contribution in [2.24, 2.45) is 5.92 Å². The number of cyclic esters (lactones) is 4. The van der Waals surface area contributed by atoms with Crippen LogP contribution in [0, 0.1) is 5.92 Å². The fraction of sp³-hybridized carbons (Fsp3) is 0.569. The molecule has 11 heterocycles. The molecule has 0 amide bonds. The average molecular weight is 1890 g/mol. The number of benzene rings is 4. The Kier molecular flexibility index (Phi) is 39.9. The van der Waals surface area contributed by atoms with E-state index in [1.807, 2.05) is 0 Å². The van der Waals surface area contributed by atoms with E-state index in [9.17, 15) is 85.6 Å². The largest absolute Gasteiger partial charge is 0.508 e. The number of fused-ring (bicyclic) bond motifs is 12. The number of morpholine rings is 1. The van der Waals surface area contributed by atoms with Crippen molar-refractivity contribution >= 4 is 23.9 Å². The highest BCUT2D eigenvalue weighted by Crippen LogP contribution is 2.52. The van der Waals surface area contributed by atoms with Crippen LogP contribution >= 0.6 is 0 Å². The predicted octanol–water partition coefficient (Wildman–Crippen LogP) is 10.6. The Balaban J connectivity index is 0.000000187. The molecule has 744 valence electrons. The van der Waals surface area contributed by atoms with Gasteiger partial charge in [0.05, 0.1) is 81.9 Å². The predicted molar refractivity (Wildman–Crippen MR) is 502 cm³/mol. The van der Waals surface area contributed by atoms with Crippen molar-refractivity contribution < 1.29 is 142 Å². The summed E-state index contributed by atoms with van der Waals surface area (Å²) in [5.41, 5.74) is 3.20. The number of likely N-dealkylation sites (N-methyl/N-ethyl adjacent to an activating group) is 1. The third kappa shape index (κ3) is 30.4. The van der Waals surface area contributed by atoms with Gasteiger partial charge in [-0.2, -0.15) is 0 Å². The van der Waals surface area contributed by atoms with Gasteiger partial charge in [-0.3, -0.25) is 4.90 Å². The molecule has 33 nitrogen and oxygen atoms in total. The molecule has 11 aliphatic rings. The highest BCUT2D eigenvalue weighted by molar-refractivity contribution is 5.97. The number of nitrogens with zero attached hydrogens (tertiary/aromatic N) is 4. The monoisotopic (exact) mass is 1890 g/mol. The maximum Gasteiger partial charge on any atom is 0.342 e.